The maximum absolute atomic E-state index is 10.8. The molecule has 2 heterocycles. The van der Waals surface area contributed by atoms with E-state index < -0.39 is 0 Å². The average Bonchev–Trinajstić information content (AvgIpc) is 2.77. The van der Waals surface area contributed by atoms with E-state index in [9.17, 15) is 4.79 Å². The molecule has 0 amide bonds. The van der Waals surface area contributed by atoms with Crippen molar-refractivity contribution in [3.8, 4) is 0 Å². The molecule has 0 bridgehead atoms. The Bertz CT molecular complexity index is 537. The second kappa shape index (κ2) is 5.77. The van der Waals surface area contributed by atoms with Gasteiger partial charge in [-0.25, -0.2) is 9.97 Å². The van der Waals surface area contributed by atoms with Gasteiger partial charge in [-0.1, -0.05) is 6.07 Å². The SMILES string of the molecule is CC(=O)OCc1cncn1Cc1ccc(Br)nc1. The molecule has 0 radical (unpaired) electrons. The van der Waals surface area contributed by atoms with Crippen LogP contribution in [0, 0.1) is 0 Å². The van der Waals surface area contributed by atoms with Crippen molar-refractivity contribution >= 4 is 21.9 Å². The maximum atomic E-state index is 10.8. The number of halogens is 1. The molecule has 94 valence electrons. The van der Waals surface area contributed by atoms with Crippen molar-refractivity contribution in [3.05, 3.63) is 46.7 Å². The van der Waals surface area contributed by atoms with Gasteiger partial charge in [0.15, 0.2) is 0 Å². The Morgan fingerprint density at radius 3 is 2.94 bits per heavy atom. The number of pyridine rings is 1. The third kappa shape index (κ3) is 3.40. The first-order valence-corrected chi connectivity index (χ1v) is 6.17. The van der Waals surface area contributed by atoms with Crippen LogP contribution in [-0.2, 0) is 22.7 Å². The topological polar surface area (TPSA) is 57.0 Å². The predicted octanol–water partition coefficient (Wildman–Crippen LogP) is 2.15. The molecule has 0 unspecified atom stereocenters. The molecule has 0 aliphatic rings. The van der Waals surface area contributed by atoms with Crippen LogP contribution in [-0.4, -0.2) is 20.5 Å². The first-order chi connectivity index (χ1) is 8.65. The minimum absolute atomic E-state index is 0.235. The van der Waals surface area contributed by atoms with Gasteiger partial charge in [-0.15, -0.1) is 0 Å². The molecule has 18 heavy (non-hydrogen) atoms. The van der Waals surface area contributed by atoms with Crippen molar-refractivity contribution in [2.45, 2.75) is 20.1 Å². The molecular weight excluding hydrogens is 298 g/mol. The fraction of sp³-hybridized carbons (Fsp3) is 0.250. The van der Waals surface area contributed by atoms with Crippen molar-refractivity contribution in [1.82, 2.24) is 14.5 Å². The van der Waals surface area contributed by atoms with E-state index in [-0.39, 0.29) is 12.6 Å². The second-order valence-electron chi connectivity index (χ2n) is 3.78. The van der Waals surface area contributed by atoms with Gasteiger partial charge in [0.05, 0.1) is 24.8 Å². The number of ether oxygens (including phenoxy) is 1. The number of hydrogen-bond acceptors (Lipinski definition) is 4. The van der Waals surface area contributed by atoms with Crippen molar-refractivity contribution in [3.63, 3.8) is 0 Å². The highest BCUT2D eigenvalue weighted by Gasteiger charge is 2.05. The van der Waals surface area contributed by atoms with Crippen LogP contribution in [0.5, 0.6) is 0 Å². The van der Waals surface area contributed by atoms with E-state index in [0.717, 1.165) is 15.9 Å². The number of hydrogen-bond donors (Lipinski definition) is 0. The highest BCUT2D eigenvalue weighted by molar-refractivity contribution is 9.10. The van der Waals surface area contributed by atoms with Gasteiger partial charge in [-0.3, -0.25) is 4.79 Å². The Morgan fingerprint density at radius 2 is 2.28 bits per heavy atom. The molecule has 6 heteroatoms. The fourth-order valence-electron chi connectivity index (χ4n) is 1.48. The van der Waals surface area contributed by atoms with Crippen molar-refractivity contribution in [2.75, 3.05) is 0 Å². The van der Waals surface area contributed by atoms with Gasteiger partial charge in [-0.2, -0.15) is 0 Å². The molecule has 0 saturated carbocycles. The Labute approximate surface area is 113 Å². The first kappa shape index (κ1) is 12.8. The van der Waals surface area contributed by atoms with Gasteiger partial charge >= 0.3 is 5.97 Å². The first-order valence-electron chi connectivity index (χ1n) is 5.38. The van der Waals surface area contributed by atoms with Crippen molar-refractivity contribution in [1.29, 1.82) is 0 Å². The molecule has 0 aliphatic heterocycles. The number of carbonyl (C=O) groups is 1. The van der Waals surface area contributed by atoms with E-state index in [1.54, 1.807) is 18.7 Å². The molecule has 0 aliphatic carbocycles. The third-order valence-electron chi connectivity index (χ3n) is 2.36. The lowest BCUT2D eigenvalue weighted by Crippen LogP contribution is -2.07. The smallest absolute Gasteiger partial charge is 0.303 e. The van der Waals surface area contributed by atoms with Crippen LogP contribution >= 0.6 is 15.9 Å². The maximum Gasteiger partial charge on any atom is 0.303 e. The Morgan fingerprint density at radius 1 is 1.44 bits per heavy atom. The summed E-state index contributed by atoms with van der Waals surface area (Å²) >= 11 is 3.29. The van der Waals surface area contributed by atoms with E-state index in [1.165, 1.54) is 6.92 Å². The molecule has 2 rings (SSSR count). The molecule has 0 fully saturated rings. The molecule has 0 saturated heterocycles. The summed E-state index contributed by atoms with van der Waals surface area (Å²) in [4.78, 5) is 19.0. The van der Waals surface area contributed by atoms with Crippen LogP contribution in [0.1, 0.15) is 18.2 Å². The normalized spacial score (nSPS) is 10.3. The zero-order chi connectivity index (χ0) is 13.0. The summed E-state index contributed by atoms with van der Waals surface area (Å²) in [7, 11) is 0. The van der Waals surface area contributed by atoms with Gasteiger partial charge in [0, 0.05) is 13.1 Å². The summed E-state index contributed by atoms with van der Waals surface area (Å²) in [6.45, 7) is 2.27. The zero-order valence-electron chi connectivity index (χ0n) is 9.84. The minimum Gasteiger partial charge on any atom is -0.459 e. The highest BCUT2D eigenvalue weighted by Crippen LogP contribution is 2.10. The summed E-state index contributed by atoms with van der Waals surface area (Å²) in [6.07, 6.45) is 5.19. The number of imidazole rings is 1. The number of aromatic nitrogens is 3. The van der Waals surface area contributed by atoms with E-state index in [0.29, 0.717) is 6.54 Å². The Kier molecular flexibility index (Phi) is 4.09. The van der Waals surface area contributed by atoms with Crippen LogP contribution < -0.4 is 0 Å². The average molecular weight is 310 g/mol. The van der Waals surface area contributed by atoms with E-state index in [1.807, 2.05) is 16.7 Å². The zero-order valence-corrected chi connectivity index (χ0v) is 11.4. The summed E-state index contributed by atoms with van der Waals surface area (Å²) in [5.41, 5.74) is 1.91. The van der Waals surface area contributed by atoms with E-state index >= 15 is 0 Å². The van der Waals surface area contributed by atoms with Crippen molar-refractivity contribution < 1.29 is 9.53 Å². The highest BCUT2D eigenvalue weighted by atomic mass is 79.9. The van der Waals surface area contributed by atoms with Crippen LogP contribution in [0.3, 0.4) is 0 Å². The monoisotopic (exact) mass is 309 g/mol. The lowest BCUT2D eigenvalue weighted by molar-refractivity contribution is -0.142. The third-order valence-corrected chi connectivity index (χ3v) is 2.83. The van der Waals surface area contributed by atoms with Crippen LogP contribution in [0.15, 0.2) is 35.5 Å². The molecule has 2 aromatic rings. The largest absolute Gasteiger partial charge is 0.459 e. The molecule has 5 nitrogen and oxygen atoms in total. The second-order valence-corrected chi connectivity index (χ2v) is 4.59. The van der Waals surface area contributed by atoms with Crippen molar-refractivity contribution in [2.24, 2.45) is 0 Å². The predicted molar refractivity (Wildman–Crippen MR) is 68.7 cm³/mol. The standard InChI is InChI=1S/C12H12BrN3O2/c1-9(17)18-7-11-5-14-8-16(11)6-10-2-3-12(13)15-4-10/h2-5,8H,6-7H2,1H3. The molecule has 0 atom stereocenters. The fourth-order valence-corrected chi connectivity index (χ4v) is 1.72. The number of nitrogens with zero attached hydrogens (tertiary/aromatic N) is 3. The lowest BCUT2D eigenvalue weighted by Gasteiger charge is -2.08. The summed E-state index contributed by atoms with van der Waals surface area (Å²) in [6, 6.07) is 3.87. The molecule has 0 aromatic carbocycles. The number of rotatable bonds is 4. The van der Waals surface area contributed by atoms with E-state index in [4.69, 9.17) is 4.74 Å². The summed E-state index contributed by atoms with van der Waals surface area (Å²) in [5.74, 6) is -0.298. The Balaban J connectivity index is 2.07. The van der Waals surface area contributed by atoms with Gasteiger partial charge in [0.2, 0.25) is 0 Å². The Hall–Kier alpha value is -1.69. The van der Waals surface area contributed by atoms with Crippen LogP contribution in [0.25, 0.3) is 0 Å². The molecular formula is C12H12BrN3O2. The van der Waals surface area contributed by atoms with Crippen LogP contribution in [0.2, 0.25) is 0 Å². The van der Waals surface area contributed by atoms with Gasteiger partial charge in [-0.05, 0) is 27.6 Å². The summed E-state index contributed by atoms with van der Waals surface area (Å²) in [5, 5.41) is 0. The number of carbonyl (C=O) groups excluding carboxylic acids is 1. The molecule has 2 aromatic heterocycles. The molecule has 0 spiro atoms. The quantitative estimate of drug-likeness (QED) is 0.641. The summed E-state index contributed by atoms with van der Waals surface area (Å²) < 4.78 is 7.69. The van der Waals surface area contributed by atoms with Gasteiger partial charge in [0.25, 0.3) is 0 Å². The van der Waals surface area contributed by atoms with Gasteiger partial charge < -0.3 is 9.30 Å². The van der Waals surface area contributed by atoms with Crippen LogP contribution in [0.4, 0.5) is 0 Å². The lowest BCUT2D eigenvalue weighted by atomic mass is 10.3. The van der Waals surface area contributed by atoms with E-state index in [2.05, 4.69) is 25.9 Å². The number of esters is 1. The molecule has 0 N–H and O–H groups in total. The van der Waals surface area contributed by atoms with Gasteiger partial charge in [0.1, 0.15) is 11.2 Å². The minimum atomic E-state index is -0.298.